The van der Waals surface area contributed by atoms with Crippen molar-refractivity contribution in [2.45, 2.75) is 46.0 Å². The fourth-order valence-corrected chi connectivity index (χ4v) is 4.31. The fraction of sp³-hybridized carbons (Fsp3) is 0.480. The SMILES string of the molecule is CC(C)Cc1nc(-c2cnc(N3CCC(CCCOc4cc(F)c(C(=O)NN)c(F)c4)CC3)nc2)no1. The molecule has 4 rings (SSSR count). The highest BCUT2D eigenvalue weighted by atomic mass is 19.1. The van der Waals surface area contributed by atoms with E-state index in [4.69, 9.17) is 15.1 Å². The topological polar surface area (TPSA) is 132 Å². The molecular formula is C25H31F2N7O3. The van der Waals surface area contributed by atoms with Crippen LogP contribution in [-0.4, -0.2) is 45.7 Å². The summed E-state index contributed by atoms with van der Waals surface area (Å²) in [6.45, 7) is 6.19. The fourth-order valence-electron chi connectivity index (χ4n) is 4.31. The minimum Gasteiger partial charge on any atom is -0.493 e. The summed E-state index contributed by atoms with van der Waals surface area (Å²) < 4.78 is 38.8. The largest absolute Gasteiger partial charge is 0.493 e. The molecule has 2 aromatic heterocycles. The van der Waals surface area contributed by atoms with E-state index in [1.54, 1.807) is 17.8 Å². The number of carbonyl (C=O) groups is 1. The first-order valence-electron chi connectivity index (χ1n) is 12.4. The molecule has 1 saturated heterocycles. The van der Waals surface area contributed by atoms with Crippen LogP contribution in [0.5, 0.6) is 5.75 Å². The van der Waals surface area contributed by atoms with Gasteiger partial charge in [-0.05, 0) is 37.5 Å². The van der Waals surface area contributed by atoms with E-state index in [9.17, 15) is 13.6 Å². The van der Waals surface area contributed by atoms with Crippen molar-refractivity contribution < 1.29 is 22.8 Å². The Bertz CT molecular complexity index is 1170. The van der Waals surface area contributed by atoms with Crippen molar-refractivity contribution in [2.75, 3.05) is 24.6 Å². The van der Waals surface area contributed by atoms with Gasteiger partial charge in [0, 0.05) is 44.0 Å². The minimum absolute atomic E-state index is 0.0379. The van der Waals surface area contributed by atoms with Gasteiger partial charge in [-0.15, -0.1) is 0 Å². The van der Waals surface area contributed by atoms with Crippen LogP contribution in [0.25, 0.3) is 11.4 Å². The third kappa shape index (κ3) is 6.76. The second-order valence-corrected chi connectivity index (χ2v) is 9.54. The molecular weight excluding hydrogens is 484 g/mol. The van der Waals surface area contributed by atoms with Crippen molar-refractivity contribution in [1.82, 2.24) is 25.5 Å². The molecule has 0 bridgehead atoms. The highest BCUT2D eigenvalue weighted by Crippen LogP contribution is 2.26. The summed E-state index contributed by atoms with van der Waals surface area (Å²) in [5.41, 5.74) is 1.71. The van der Waals surface area contributed by atoms with E-state index in [1.165, 1.54) is 0 Å². The molecule has 0 radical (unpaired) electrons. The third-order valence-corrected chi connectivity index (χ3v) is 6.24. The van der Waals surface area contributed by atoms with Crippen LogP contribution in [0, 0.1) is 23.5 Å². The Kier molecular flexibility index (Phi) is 8.59. The van der Waals surface area contributed by atoms with Gasteiger partial charge in [0.2, 0.25) is 17.7 Å². The molecule has 3 aromatic rings. The molecule has 0 atom stereocenters. The van der Waals surface area contributed by atoms with Gasteiger partial charge in [0.05, 0.1) is 12.2 Å². The first-order valence-corrected chi connectivity index (χ1v) is 12.4. The van der Waals surface area contributed by atoms with Crippen LogP contribution in [0.2, 0.25) is 0 Å². The molecule has 1 aliphatic rings. The Morgan fingerprint density at radius 2 is 1.89 bits per heavy atom. The van der Waals surface area contributed by atoms with Crippen LogP contribution in [0.3, 0.4) is 0 Å². The predicted molar refractivity (Wildman–Crippen MR) is 132 cm³/mol. The summed E-state index contributed by atoms with van der Waals surface area (Å²) in [4.78, 5) is 27.0. The van der Waals surface area contributed by atoms with Gasteiger partial charge in [0.25, 0.3) is 5.91 Å². The predicted octanol–water partition coefficient (Wildman–Crippen LogP) is 3.68. The maximum atomic E-state index is 14.0. The van der Waals surface area contributed by atoms with Crippen LogP contribution in [0.1, 0.15) is 55.8 Å². The Hall–Kier alpha value is -3.67. The molecule has 0 unspecified atom stereocenters. The summed E-state index contributed by atoms with van der Waals surface area (Å²) in [7, 11) is 0. The number of carbonyl (C=O) groups excluding carboxylic acids is 1. The van der Waals surface area contributed by atoms with Gasteiger partial charge in [-0.1, -0.05) is 19.0 Å². The highest BCUT2D eigenvalue weighted by molar-refractivity contribution is 5.94. The van der Waals surface area contributed by atoms with Crippen LogP contribution >= 0.6 is 0 Å². The number of nitrogens with two attached hydrogens (primary N) is 1. The summed E-state index contributed by atoms with van der Waals surface area (Å²) in [5, 5.41) is 4.02. The first-order chi connectivity index (χ1) is 17.8. The molecule has 0 aliphatic carbocycles. The maximum absolute atomic E-state index is 14.0. The molecule has 1 aromatic carbocycles. The van der Waals surface area contributed by atoms with Gasteiger partial charge in [0.15, 0.2) is 0 Å². The van der Waals surface area contributed by atoms with Crippen LogP contribution in [-0.2, 0) is 6.42 Å². The molecule has 3 heterocycles. The molecule has 1 aliphatic heterocycles. The average Bonchev–Trinajstić information content (AvgIpc) is 3.34. The smallest absolute Gasteiger partial charge is 0.271 e. The van der Waals surface area contributed by atoms with Gasteiger partial charge >= 0.3 is 0 Å². The van der Waals surface area contributed by atoms with Gasteiger partial charge in [0.1, 0.15) is 22.9 Å². The lowest BCUT2D eigenvalue weighted by Crippen LogP contribution is -2.34. The lowest BCUT2D eigenvalue weighted by Gasteiger charge is -2.32. The number of benzene rings is 1. The monoisotopic (exact) mass is 515 g/mol. The maximum Gasteiger partial charge on any atom is 0.271 e. The first kappa shape index (κ1) is 26.4. The van der Waals surface area contributed by atoms with Crippen molar-refractivity contribution in [2.24, 2.45) is 17.7 Å². The lowest BCUT2D eigenvalue weighted by molar-refractivity contribution is 0.0945. The van der Waals surface area contributed by atoms with E-state index in [0.29, 0.717) is 36.1 Å². The molecule has 0 spiro atoms. The molecule has 12 heteroatoms. The highest BCUT2D eigenvalue weighted by Gasteiger charge is 2.22. The van der Waals surface area contributed by atoms with Gasteiger partial charge in [-0.3, -0.25) is 10.2 Å². The van der Waals surface area contributed by atoms with Crippen molar-refractivity contribution in [3.63, 3.8) is 0 Å². The number of rotatable bonds is 10. The Labute approximate surface area is 213 Å². The number of halogens is 2. The van der Waals surface area contributed by atoms with E-state index in [2.05, 4.69) is 38.9 Å². The van der Waals surface area contributed by atoms with E-state index >= 15 is 0 Å². The number of hydrogen-bond acceptors (Lipinski definition) is 9. The molecule has 1 amide bonds. The zero-order valence-corrected chi connectivity index (χ0v) is 20.9. The van der Waals surface area contributed by atoms with E-state index < -0.39 is 23.1 Å². The van der Waals surface area contributed by atoms with E-state index in [1.807, 2.05) is 0 Å². The second-order valence-electron chi connectivity index (χ2n) is 9.54. The molecule has 0 saturated carbocycles. The summed E-state index contributed by atoms with van der Waals surface area (Å²) >= 11 is 0. The molecule has 1 fully saturated rings. The standard InChI is InChI=1S/C25H31F2N7O3/c1-15(2)10-21-31-23(33-37-21)17-13-29-25(30-14-17)34-7-5-16(6-8-34)4-3-9-36-18-11-19(26)22(20(27)12-18)24(35)32-28/h11-16H,3-10,28H2,1-2H3,(H,32,35). The van der Waals surface area contributed by atoms with Gasteiger partial charge < -0.3 is 14.2 Å². The quantitative estimate of drug-likeness (QED) is 0.180. The van der Waals surface area contributed by atoms with Crippen LogP contribution in [0.15, 0.2) is 29.0 Å². The Morgan fingerprint density at radius 1 is 1.22 bits per heavy atom. The number of hydrogen-bond donors (Lipinski definition) is 2. The lowest BCUT2D eigenvalue weighted by atomic mass is 9.92. The minimum atomic E-state index is -1.03. The average molecular weight is 516 g/mol. The van der Waals surface area contributed by atoms with Crippen LogP contribution in [0.4, 0.5) is 14.7 Å². The van der Waals surface area contributed by atoms with Crippen LogP contribution < -0.4 is 20.9 Å². The normalized spacial score (nSPS) is 14.3. The van der Waals surface area contributed by atoms with E-state index in [0.717, 1.165) is 62.9 Å². The number of aromatic nitrogens is 4. The Balaban J connectivity index is 1.20. The molecule has 198 valence electrons. The second kappa shape index (κ2) is 12.0. The number of nitrogens with zero attached hydrogens (tertiary/aromatic N) is 5. The van der Waals surface area contributed by atoms with Crippen molar-refractivity contribution in [3.05, 3.63) is 47.6 Å². The zero-order valence-electron chi connectivity index (χ0n) is 20.9. The number of anilines is 1. The molecule has 10 nitrogen and oxygen atoms in total. The summed E-state index contributed by atoms with van der Waals surface area (Å²) in [6, 6.07) is 1.97. The molecule has 3 N–H and O–H groups in total. The van der Waals surface area contributed by atoms with Crippen molar-refractivity contribution in [1.29, 1.82) is 0 Å². The molecule has 37 heavy (non-hydrogen) atoms. The van der Waals surface area contributed by atoms with Gasteiger partial charge in [-0.25, -0.2) is 24.6 Å². The van der Waals surface area contributed by atoms with Crippen molar-refractivity contribution in [3.8, 4) is 17.1 Å². The Morgan fingerprint density at radius 3 is 2.51 bits per heavy atom. The van der Waals surface area contributed by atoms with Crippen molar-refractivity contribution >= 4 is 11.9 Å². The van der Waals surface area contributed by atoms with Gasteiger partial charge in [-0.2, -0.15) is 4.98 Å². The number of piperidine rings is 1. The third-order valence-electron chi connectivity index (χ3n) is 6.24. The number of ether oxygens (including phenoxy) is 1. The van der Waals surface area contributed by atoms with E-state index in [-0.39, 0.29) is 5.75 Å². The number of hydrazine groups is 1. The number of nitrogen functional groups attached to an aromatic ring is 1. The summed E-state index contributed by atoms with van der Waals surface area (Å²) in [5.74, 6) is 4.64. The number of nitrogens with one attached hydrogen (secondary N) is 1. The number of amides is 1. The summed E-state index contributed by atoms with van der Waals surface area (Å²) in [6.07, 6.45) is 7.82. The zero-order chi connectivity index (χ0) is 26.4.